The average molecular weight is 1030 g/mol. The fourth-order valence-corrected chi connectivity index (χ4v) is 14.8. The second-order valence-corrected chi connectivity index (χ2v) is 26.5. The number of unbranched alkanes of at least 4 members (excludes halogenated alkanes) is 4. The number of ether oxygens (including phenoxy) is 4. The number of hydrogen-bond acceptors (Lipinski definition) is 4. The van der Waals surface area contributed by atoms with E-state index in [-0.39, 0.29) is 21.7 Å². The molecule has 4 aromatic rings. The summed E-state index contributed by atoms with van der Waals surface area (Å²) in [6.45, 7) is 22.4. The van der Waals surface area contributed by atoms with E-state index in [1.165, 1.54) is 195 Å². The minimum absolute atomic E-state index is 0.111. The highest BCUT2D eigenvalue weighted by molar-refractivity contribution is 5.60. The molecule has 4 nitrogen and oxygen atoms in total. The third-order valence-electron chi connectivity index (χ3n) is 20.1. The Morgan fingerprint density at radius 2 is 0.447 bits per heavy atom. The molecule has 0 atom stereocenters. The van der Waals surface area contributed by atoms with E-state index in [2.05, 4.69) is 104 Å². The van der Waals surface area contributed by atoms with Crippen LogP contribution in [0.4, 0.5) is 0 Å². The van der Waals surface area contributed by atoms with Crippen molar-refractivity contribution < 1.29 is 18.9 Å². The number of hydrogen-bond donors (Lipinski definition) is 0. The van der Waals surface area contributed by atoms with Gasteiger partial charge in [-0.25, -0.2) is 0 Å². The van der Waals surface area contributed by atoms with Gasteiger partial charge in [-0.1, -0.05) is 207 Å². The van der Waals surface area contributed by atoms with Gasteiger partial charge < -0.3 is 18.9 Å². The topological polar surface area (TPSA) is 36.9 Å². The van der Waals surface area contributed by atoms with Crippen LogP contribution >= 0.6 is 0 Å². The van der Waals surface area contributed by atoms with Crippen LogP contribution in [-0.2, 0) is 47.3 Å². The van der Waals surface area contributed by atoms with Crippen LogP contribution in [0.1, 0.15) is 302 Å². The summed E-state index contributed by atoms with van der Waals surface area (Å²) >= 11 is 0. The van der Waals surface area contributed by atoms with Crippen molar-refractivity contribution in [1.29, 1.82) is 0 Å². The lowest BCUT2D eigenvalue weighted by Gasteiger charge is -2.37. The molecule has 0 aromatic heterocycles. The normalized spacial score (nSPS) is 19.9. The Morgan fingerprint density at radius 3 is 0.605 bits per heavy atom. The van der Waals surface area contributed by atoms with Crippen LogP contribution in [0.3, 0.4) is 0 Å². The van der Waals surface area contributed by atoms with Crippen LogP contribution in [0.15, 0.2) is 48.5 Å². The Morgan fingerprint density at radius 1 is 0.276 bits per heavy atom. The zero-order chi connectivity index (χ0) is 53.2. The summed E-state index contributed by atoms with van der Waals surface area (Å²) in [5, 5.41) is 0. The van der Waals surface area contributed by atoms with Crippen molar-refractivity contribution >= 4 is 0 Å². The van der Waals surface area contributed by atoms with Gasteiger partial charge in [0.15, 0.2) is 0 Å². The summed E-state index contributed by atoms with van der Waals surface area (Å²) in [6.07, 6.45) is 37.2. The molecule has 0 unspecified atom stereocenters. The Hall–Kier alpha value is -3.92. The van der Waals surface area contributed by atoms with Gasteiger partial charge in [0.05, 0.1) is 26.4 Å². The first-order valence-corrected chi connectivity index (χ1v) is 32.1. The van der Waals surface area contributed by atoms with Gasteiger partial charge in [0.1, 0.15) is 23.0 Å². The first kappa shape index (κ1) is 56.8. The standard InChI is InChI=1S/C72H104O4/c1-9-13-37-73-65-53-41-55-47-62(70(6)31-23-18-24-32-70)49-57(66(55)74-38-14-10-2)43-59-51-64(72(8)35-27-20-28-36-72)52-60(68(59)76-40-16-12-4)44-58-50-63(71(7)33-25-19-26-34-71)48-56(67(58)75-39-15-11-3)42-54(65)46-61(45-53)69(5)29-21-17-22-30-69/h45-52H,9-44H2,1-8H3. The third-order valence-corrected chi connectivity index (χ3v) is 20.1. The minimum Gasteiger partial charge on any atom is -0.493 e. The predicted octanol–water partition coefficient (Wildman–Crippen LogP) is 20.0. The summed E-state index contributed by atoms with van der Waals surface area (Å²) in [5.41, 5.74) is 17.1. The van der Waals surface area contributed by atoms with E-state index in [0.717, 1.165) is 126 Å². The molecule has 0 amide bonds. The fraction of sp³-hybridized carbons (Fsp3) is 0.667. The molecule has 4 fully saturated rings. The Bertz CT molecular complexity index is 2080. The van der Waals surface area contributed by atoms with Crippen molar-refractivity contribution in [3.63, 3.8) is 0 Å². The highest BCUT2D eigenvalue weighted by atomic mass is 16.5. The zero-order valence-corrected chi connectivity index (χ0v) is 49.7. The number of fused-ring (bicyclic) bond motifs is 8. The largest absolute Gasteiger partial charge is 0.493 e. The lowest BCUT2D eigenvalue weighted by atomic mass is 9.68. The molecule has 4 aromatic carbocycles. The maximum atomic E-state index is 7.36. The van der Waals surface area contributed by atoms with Gasteiger partial charge >= 0.3 is 0 Å². The third kappa shape index (κ3) is 13.1. The Balaban J connectivity index is 1.39. The summed E-state index contributed by atoms with van der Waals surface area (Å²) in [4.78, 5) is 0. The van der Waals surface area contributed by atoms with Crippen LogP contribution in [0, 0.1) is 0 Å². The Kier molecular flexibility index (Phi) is 19.4. The van der Waals surface area contributed by atoms with Gasteiger partial charge in [-0.3, -0.25) is 0 Å². The molecule has 0 saturated heterocycles. The van der Waals surface area contributed by atoms with E-state index in [4.69, 9.17) is 18.9 Å². The molecular weight excluding hydrogens is 929 g/mol. The van der Waals surface area contributed by atoms with E-state index in [0.29, 0.717) is 0 Å². The number of rotatable bonds is 20. The molecule has 0 heterocycles. The molecule has 4 saturated carbocycles. The number of benzene rings is 4. The molecule has 416 valence electrons. The molecule has 4 heteroatoms. The monoisotopic (exact) mass is 1030 g/mol. The second kappa shape index (κ2) is 25.9. The van der Waals surface area contributed by atoms with E-state index < -0.39 is 0 Å². The second-order valence-electron chi connectivity index (χ2n) is 26.5. The van der Waals surface area contributed by atoms with Gasteiger partial charge in [0.25, 0.3) is 0 Å². The highest BCUT2D eigenvalue weighted by Gasteiger charge is 2.37. The lowest BCUT2D eigenvalue weighted by molar-refractivity contribution is 0.294. The van der Waals surface area contributed by atoms with Gasteiger partial charge in [-0.05, 0) is 165 Å². The minimum atomic E-state index is 0.111. The van der Waals surface area contributed by atoms with Crippen molar-refractivity contribution in [1.82, 2.24) is 0 Å². The van der Waals surface area contributed by atoms with Crippen molar-refractivity contribution in [3.8, 4) is 23.0 Å². The van der Waals surface area contributed by atoms with E-state index in [9.17, 15) is 0 Å². The van der Waals surface area contributed by atoms with Gasteiger partial charge in [-0.2, -0.15) is 0 Å². The Labute approximate surface area is 464 Å². The van der Waals surface area contributed by atoms with Crippen LogP contribution in [0.5, 0.6) is 23.0 Å². The molecular formula is C72H104O4. The summed E-state index contributed by atoms with van der Waals surface area (Å²) in [5.74, 6) is 4.43. The van der Waals surface area contributed by atoms with Crippen molar-refractivity contribution in [2.75, 3.05) is 26.4 Å². The quantitative estimate of drug-likeness (QED) is 0.0728. The molecule has 0 spiro atoms. The highest BCUT2D eigenvalue weighted by Crippen LogP contribution is 2.50. The van der Waals surface area contributed by atoms with Crippen molar-refractivity contribution in [2.45, 2.75) is 283 Å². The first-order valence-electron chi connectivity index (χ1n) is 32.1. The van der Waals surface area contributed by atoms with Gasteiger partial charge in [0, 0.05) is 25.7 Å². The SMILES string of the molecule is CCCCOc1c2cc(C3(C)CCCCC3)cc1Cc1cc(C3(C)CCCCC3)cc(c1OCCCC)Cc1cc(C3(C)CCCCC3)cc(c1OCCCC)Cc1cc(C3(C)CCCCC3)cc(c1OCCCC)C2. The van der Waals surface area contributed by atoms with Crippen molar-refractivity contribution in [2.24, 2.45) is 0 Å². The molecule has 5 aliphatic carbocycles. The average Bonchev–Trinajstić information content (AvgIpc) is 3.41. The van der Waals surface area contributed by atoms with Crippen LogP contribution in [0.25, 0.3) is 0 Å². The lowest BCUT2D eigenvalue weighted by Crippen LogP contribution is -2.27. The smallest absolute Gasteiger partial charge is 0.126 e. The molecule has 9 rings (SSSR count). The van der Waals surface area contributed by atoms with Crippen LogP contribution in [-0.4, -0.2) is 26.4 Å². The molecule has 8 bridgehead atoms. The molecule has 0 N–H and O–H groups in total. The maximum absolute atomic E-state index is 7.36. The summed E-state index contributed by atoms with van der Waals surface area (Å²) in [6, 6.07) is 21.1. The zero-order valence-electron chi connectivity index (χ0n) is 49.7. The predicted molar refractivity (Wildman–Crippen MR) is 320 cm³/mol. The first-order chi connectivity index (χ1) is 36.9. The summed E-state index contributed by atoms with van der Waals surface area (Å²) < 4.78 is 29.4. The molecule has 0 aliphatic heterocycles. The van der Waals surface area contributed by atoms with Gasteiger partial charge in [-0.15, -0.1) is 0 Å². The molecule has 0 radical (unpaired) electrons. The fourth-order valence-electron chi connectivity index (χ4n) is 14.8. The van der Waals surface area contributed by atoms with Crippen LogP contribution in [0.2, 0.25) is 0 Å². The van der Waals surface area contributed by atoms with Crippen molar-refractivity contribution in [3.05, 3.63) is 115 Å². The van der Waals surface area contributed by atoms with E-state index in [1.54, 1.807) is 0 Å². The molecule has 5 aliphatic rings. The van der Waals surface area contributed by atoms with E-state index >= 15 is 0 Å². The van der Waals surface area contributed by atoms with Crippen LogP contribution < -0.4 is 18.9 Å². The maximum Gasteiger partial charge on any atom is 0.126 e. The molecule has 76 heavy (non-hydrogen) atoms. The van der Waals surface area contributed by atoms with Gasteiger partial charge in [0.2, 0.25) is 0 Å². The van der Waals surface area contributed by atoms with E-state index in [1.807, 2.05) is 0 Å². The summed E-state index contributed by atoms with van der Waals surface area (Å²) in [7, 11) is 0.